The van der Waals surface area contributed by atoms with Gasteiger partial charge in [-0.3, -0.25) is 4.79 Å². The minimum atomic E-state index is -0.324. The molecule has 22 heavy (non-hydrogen) atoms. The Balaban J connectivity index is 1.66. The van der Waals surface area contributed by atoms with Crippen LogP contribution in [0.1, 0.15) is 5.76 Å². The van der Waals surface area contributed by atoms with Crippen LogP contribution in [0.4, 0.5) is 11.5 Å². The van der Waals surface area contributed by atoms with E-state index in [-0.39, 0.29) is 12.5 Å². The summed E-state index contributed by atoms with van der Waals surface area (Å²) in [5.74, 6) is 1.06. The Labute approximate surface area is 125 Å². The average molecular weight is 299 g/mol. The van der Waals surface area contributed by atoms with Crippen molar-refractivity contribution >= 4 is 17.4 Å². The van der Waals surface area contributed by atoms with Crippen LogP contribution in [-0.4, -0.2) is 31.3 Å². The molecular formula is C13H13N7O2. The Bertz CT molecular complexity index is 791. The first kappa shape index (κ1) is 13.7. The molecule has 0 spiro atoms. The molecule has 0 atom stereocenters. The van der Waals surface area contributed by atoms with E-state index in [1.54, 1.807) is 37.3 Å². The van der Waals surface area contributed by atoms with Crippen LogP contribution in [0.2, 0.25) is 0 Å². The highest BCUT2D eigenvalue weighted by Gasteiger charge is 2.11. The van der Waals surface area contributed by atoms with E-state index >= 15 is 0 Å². The number of nitrogens with two attached hydrogens (primary N) is 1. The maximum absolute atomic E-state index is 11.8. The Kier molecular flexibility index (Phi) is 3.52. The fraction of sp³-hybridized carbons (Fsp3) is 0.154. The number of hydrogen-bond donors (Lipinski definition) is 2. The third-order valence-corrected chi connectivity index (χ3v) is 2.80. The number of carbonyl (C=O) groups is 1. The van der Waals surface area contributed by atoms with Gasteiger partial charge in [-0.25, -0.2) is 0 Å². The number of aryl methyl sites for hydroxylation is 1. The van der Waals surface area contributed by atoms with Crippen LogP contribution in [-0.2, 0) is 11.3 Å². The summed E-state index contributed by atoms with van der Waals surface area (Å²) in [4.78, 5) is 13.0. The van der Waals surface area contributed by atoms with Gasteiger partial charge < -0.3 is 15.6 Å². The molecule has 3 rings (SSSR count). The SMILES string of the molecule is Cc1cc(NC(=O)Cn2nnc(-c3ccc(N)cc3)n2)no1. The summed E-state index contributed by atoms with van der Waals surface area (Å²) in [5, 5.41) is 18.1. The lowest BCUT2D eigenvalue weighted by Gasteiger charge is -1.99. The van der Waals surface area contributed by atoms with Gasteiger partial charge in [-0.2, -0.15) is 4.80 Å². The predicted octanol–water partition coefficient (Wildman–Crippen LogP) is 0.857. The van der Waals surface area contributed by atoms with Gasteiger partial charge in [0, 0.05) is 17.3 Å². The van der Waals surface area contributed by atoms with Gasteiger partial charge in [0.05, 0.1) is 0 Å². The van der Waals surface area contributed by atoms with Crippen LogP contribution >= 0.6 is 0 Å². The first-order valence-corrected chi connectivity index (χ1v) is 6.47. The fourth-order valence-corrected chi connectivity index (χ4v) is 1.79. The number of hydrogen-bond acceptors (Lipinski definition) is 7. The van der Waals surface area contributed by atoms with Crippen LogP contribution in [0.15, 0.2) is 34.9 Å². The summed E-state index contributed by atoms with van der Waals surface area (Å²) in [5.41, 5.74) is 7.05. The Morgan fingerprint density at radius 1 is 1.36 bits per heavy atom. The van der Waals surface area contributed by atoms with Crippen molar-refractivity contribution in [3.8, 4) is 11.4 Å². The zero-order chi connectivity index (χ0) is 15.5. The summed E-state index contributed by atoms with van der Waals surface area (Å²) in [7, 11) is 0. The fourth-order valence-electron chi connectivity index (χ4n) is 1.79. The zero-order valence-corrected chi connectivity index (χ0v) is 11.7. The molecule has 9 heteroatoms. The molecule has 3 N–H and O–H groups in total. The Hall–Kier alpha value is -3.23. The van der Waals surface area contributed by atoms with Crippen molar-refractivity contribution in [1.29, 1.82) is 0 Å². The van der Waals surface area contributed by atoms with Crippen molar-refractivity contribution in [2.75, 3.05) is 11.1 Å². The van der Waals surface area contributed by atoms with Gasteiger partial charge >= 0.3 is 0 Å². The first-order chi connectivity index (χ1) is 10.6. The van der Waals surface area contributed by atoms with E-state index in [0.717, 1.165) is 5.56 Å². The molecule has 0 aliphatic rings. The molecule has 0 fully saturated rings. The maximum Gasteiger partial charge on any atom is 0.249 e. The number of aromatic nitrogens is 5. The molecule has 2 aromatic heterocycles. The Morgan fingerprint density at radius 3 is 2.82 bits per heavy atom. The van der Waals surface area contributed by atoms with Crippen LogP contribution in [0.5, 0.6) is 0 Å². The normalized spacial score (nSPS) is 10.6. The highest BCUT2D eigenvalue weighted by atomic mass is 16.5. The number of carbonyl (C=O) groups excluding carboxylic acids is 1. The molecule has 0 saturated carbocycles. The number of nitrogens with one attached hydrogen (secondary N) is 1. The molecule has 0 aliphatic carbocycles. The third-order valence-electron chi connectivity index (χ3n) is 2.80. The molecule has 112 valence electrons. The lowest BCUT2D eigenvalue weighted by molar-refractivity contribution is -0.117. The van der Waals surface area contributed by atoms with Gasteiger partial charge in [-0.1, -0.05) is 5.16 Å². The van der Waals surface area contributed by atoms with E-state index in [0.29, 0.717) is 23.1 Å². The number of amides is 1. The standard InChI is InChI=1S/C13H13N7O2/c1-8-6-11(18-22-8)15-12(21)7-20-17-13(16-19-20)9-2-4-10(14)5-3-9/h2-6H,7,14H2,1H3,(H,15,18,21). The number of tetrazole rings is 1. The van der Waals surface area contributed by atoms with Gasteiger partial charge in [-0.15, -0.1) is 10.2 Å². The molecule has 0 unspecified atom stereocenters. The minimum absolute atomic E-state index is 0.0755. The molecule has 3 aromatic rings. The lowest BCUT2D eigenvalue weighted by atomic mass is 10.2. The predicted molar refractivity (Wildman–Crippen MR) is 77.5 cm³/mol. The highest BCUT2D eigenvalue weighted by Crippen LogP contribution is 2.15. The quantitative estimate of drug-likeness (QED) is 0.684. The largest absolute Gasteiger partial charge is 0.399 e. The van der Waals surface area contributed by atoms with Gasteiger partial charge in [0.15, 0.2) is 5.82 Å². The molecule has 0 radical (unpaired) electrons. The number of nitrogens with zero attached hydrogens (tertiary/aromatic N) is 5. The summed E-state index contributed by atoms with van der Waals surface area (Å²) in [6, 6.07) is 8.68. The van der Waals surface area contributed by atoms with Crippen LogP contribution < -0.4 is 11.1 Å². The maximum atomic E-state index is 11.8. The van der Waals surface area contributed by atoms with Crippen molar-refractivity contribution in [2.45, 2.75) is 13.5 Å². The zero-order valence-electron chi connectivity index (χ0n) is 11.7. The number of benzene rings is 1. The van der Waals surface area contributed by atoms with E-state index in [4.69, 9.17) is 10.3 Å². The summed E-state index contributed by atoms with van der Waals surface area (Å²) >= 11 is 0. The van der Waals surface area contributed by atoms with E-state index in [2.05, 4.69) is 25.9 Å². The van der Waals surface area contributed by atoms with Crippen LogP contribution in [0.3, 0.4) is 0 Å². The van der Waals surface area contributed by atoms with Gasteiger partial charge in [0.2, 0.25) is 11.7 Å². The second kappa shape index (κ2) is 5.64. The summed E-state index contributed by atoms with van der Waals surface area (Å²) in [6.07, 6.45) is 0. The van der Waals surface area contributed by atoms with Gasteiger partial charge in [-0.05, 0) is 36.4 Å². The van der Waals surface area contributed by atoms with E-state index < -0.39 is 0 Å². The second-order valence-corrected chi connectivity index (χ2v) is 4.64. The molecule has 2 heterocycles. The van der Waals surface area contributed by atoms with Gasteiger partial charge in [0.25, 0.3) is 0 Å². The molecule has 9 nitrogen and oxygen atoms in total. The van der Waals surface area contributed by atoms with Crippen molar-refractivity contribution in [1.82, 2.24) is 25.4 Å². The first-order valence-electron chi connectivity index (χ1n) is 6.47. The Morgan fingerprint density at radius 2 is 2.14 bits per heavy atom. The third kappa shape index (κ3) is 3.08. The van der Waals surface area contributed by atoms with Crippen molar-refractivity contribution < 1.29 is 9.32 Å². The summed E-state index contributed by atoms with van der Waals surface area (Å²) in [6.45, 7) is 1.66. The van der Waals surface area contributed by atoms with Crippen molar-refractivity contribution in [3.05, 3.63) is 36.1 Å². The average Bonchev–Trinajstić information content (AvgIpc) is 3.09. The van der Waals surface area contributed by atoms with E-state index in [9.17, 15) is 4.79 Å². The molecule has 1 amide bonds. The smallest absolute Gasteiger partial charge is 0.249 e. The molecule has 0 bridgehead atoms. The van der Waals surface area contributed by atoms with Crippen LogP contribution in [0, 0.1) is 6.92 Å². The highest BCUT2D eigenvalue weighted by molar-refractivity contribution is 5.89. The lowest BCUT2D eigenvalue weighted by Crippen LogP contribution is -2.20. The summed E-state index contributed by atoms with van der Waals surface area (Å²) < 4.78 is 4.86. The molecule has 0 aliphatic heterocycles. The van der Waals surface area contributed by atoms with E-state index in [1.165, 1.54) is 4.80 Å². The second-order valence-electron chi connectivity index (χ2n) is 4.64. The monoisotopic (exact) mass is 299 g/mol. The van der Waals surface area contributed by atoms with Crippen molar-refractivity contribution in [3.63, 3.8) is 0 Å². The number of rotatable bonds is 4. The topological polar surface area (TPSA) is 125 Å². The van der Waals surface area contributed by atoms with Gasteiger partial charge in [0.1, 0.15) is 12.3 Å². The minimum Gasteiger partial charge on any atom is -0.399 e. The molecular weight excluding hydrogens is 286 g/mol. The molecule has 1 aromatic carbocycles. The van der Waals surface area contributed by atoms with E-state index in [1.807, 2.05) is 0 Å². The number of nitrogen functional groups attached to an aromatic ring is 1. The molecule has 0 saturated heterocycles. The van der Waals surface area contributed by atoms with Crippen molar-refractivity contribution in [2.24, 2.45) is 0 Å². The number of anilines is 2. The van der Waals surface area contributed by atoms with Crippen LogP contribution in [0.25, 0.3) is 11.4 Å².